The Hall–Kier alpha value is -1.58. The third-order valence-corrected chi connectivity index (χ3v) is 4.57. The SMILES string of the molecule is O=C(Nc1ccccc1F)[C@H]1[C@H](c2ccccc2)C1(Cl)Cl. The summed E-state index contributed by atoms with van der Waals surface area (Å²) < 4.78 is 12.4. The first-order valence-electron chi connectivity index (χ1n) is 6.50. The van der Waals surface area contributed by atoms with Crippen molar-refractivity contribution in [2.45, 2.75) is 10.3 Å². The number of amides is 1. The van der Waals surface area contributed by atoms with Crippen LogP contribution in [0.25, 0.3) is 0 Å². The fourth-order valence-electron chi connectivity index (χ4n) is 2.50. The van der Waals surface area contributed by atoms with Gasteiger partial charge in [-0.2, -0.15) is 0 Å². The van der Waals surface area contributed by atoms with Crippen molar-refractivity contribution in [1.82, 2.24) is 0 Å². The molecule has 1 N–H and O–H groups in total. The van der Waals surface area contributed by atoms with Crippen molar-refractivity contribution in [1.29, 1.82) is 0 Å². The smallest absolute Gasteiger partial charge is 0.231 e. The summed E-state index contributed by atoms with van der Waals surface area (Å²) in [5, 5.41) is 2.54. The first kappa shape index (κ1) is 14.4. The van der Waals surface area contributed by atoms with Crippen LogP contribution in [0.1, 0.15) is 11.5 Å². The van der Waals surface area contributed by atoms with Gasteiger partial charge in [0.1, 0.15) is 10.2 Å². The number of para-hydroxylation sites is 1. The molecule has 1 aliphatic carbocycles. The molecule has 1 fully saturated rings. The predicted octanol–water partition coefficient (Wildman–Crippen LogP) is 4.35. The van der Waals surface area contributed by atoms with Gasteiger partial charge in [-0.3, -0.25) is 4.79 Å². The highest BCUT2D eigenvalue weighted by Crippen LogP contribution is 2.65. The number of benzene rings is 2. The Labute approximate surface area is 131 Å². The highest BCUT2D eigenvalue weighted by molar-refractivity contribution is 6.53. The van der Waals surface area contributed by atoms with Crippen molar-refractivity contribution in [2.24, 2.45) is 5.92 Å². The van der Waals surface area contributed by atoms with E-state index < -0.39 is 16.1 Å². The van der Waals surface area contributed by atoms with E-state index in [1.54, 1.807) is 12.1 Å². The van der Waals surface area contributed by atoms with Gasteiger partial charge in [0.2, 0.25) is 5.91 Å². The summed E-state index contributed by atoms with van der Waals surface area (Å²) in [4.78, 5) is 12.3. The summed E-state index contributed by atoms with van der Waals surface area (Å²) in [5.74, 6) is -1.74. The number of nitrogens with one attached hydrogen (secondary N) is 1. The molecule has 0 aromatic heterocycles. The molecule has 2 atom stereocenters. The molecular formula is C16H12Cl2FNO. The van der Waals surface area contributed by atoms with E-state index in [1.807, 2.05) is 30.3 Å². The van der Waals surface area contributed by atoms with Crippen molar-refractivity contribution < 1.29 is 9.18 Å². The van der Waals surface area contributed by atoms with Crippen LogP contribution in [0, 0.1) is 11.7 Å². The summed E-state index contributed by atoms with van der Waals surface area (Å²) in [7, 11) is 0. The first-order chi connectivity index (χ1) is 10.0. The van der Waals surface area contributed by atoms with E-state index in [2.05, 4.69) is 5.32 Å². The predicted molar refractivity (Wildman–Crippen MR) is 82.1 cm³/mol. The molecule has 0 spiro atoms. The Kier molecular flexibility index (Phi) is 3.64. The quantitative estimate of drug-likeness (QED) is 0.836. The van der Waals surface area contributed by atoms with Crippen molar-refractivity contribution in [3.8, 4) is 0 Å². The minimum Gasteiger partial charge on any atom is -0.323 e. The average molecular weight is 324 g/mol. The van der Waals surface area contributed by atoms with Gasteiger partial charge < -0.3 is 5.32 Å². The van der Waals surface area contributed by atoms with E-state index in [0.717, 1.165) is 5.56 Å². The van der Waals surface area contributed by atoms with Crippen molar-refractivity contribution in [3.63, 3.8) is 0 Å². The lowest BCUT2D eigenvalue weighted by molar-refractivity contribution is -0.117. The number of hydrogen-bond donors (Lipinski definition) is 1. The van der Waals surface area contributed by atoms with Gasteiger partial charge in [-0.1, -0.05) is 42.5 Å². The first-order valence-corrected chi connectivity index (χ1v) is 7.25. The zero-order chi connectivity index (χ0) is 15.0. The molecule has 2 nitrogen and oxygen atoms in total. The van der Waals surface area contributed by atoms with E-state index in [-0.39, 0.29) is 17.5 Å². The van der Waals surface area contributed by atoms with Crippen molar-refractivity contribution in [3.05, 3.63) is 66.0 Å². The van der Waals surface area contributed by atoms with Crippen molar-refractivity contribution in [2.75, 3.05) is 5.32 Å². The topological polar surface area (TPSA) is 29.1 Å². The molecular weight excluding hydrogens is 312 g/mol. The van der Waals surface area contributed by atoms with E-state index in [0.29, 0.717) is 0 Å². The second-order valence-electron chi connectivity index (χ2n) is 5.01. The van der Waals surface area contributed by atoms with Gasteiger partial charge in [-0.05, 0) is 17.7 Å². The van der Waals surface area contributed by atoms with E-state index >= 15 is 0 Å². The number of halogens is 3. The second-order valence-corrected chi connectivity index (χ2v) is 6.45. The maximum Gasteiger partial charge on any atom is 0.231 e. The number of carbonyl (C=O) groups is 1. The molecule has 0 radical (unpaired) electrons. The summed E-state index contributed by atoms with van der Waals surface area (Å²) in [5.41, 5.74) is 1.03. The third-order valence-electron chi connectivity index (χ3n) is 3.63. The van der Waals surface area contributed by atoms with Gasteiger partial charge in [0.15, 0.2) is 0 Å². The highest BCUT2D eigenvalue weighted by atomic mass is 35.5. The molecule has 1 amide bonds. The van der Waals surface area contributed by atoms with Gasteiger partial charge in [0.25, 0.3) is 0 Å². The fraction of sp³-hybridized carbons (Fsp3) is 0.188. The molecule has 2 aromatic carbocycles. The zero-order valence-electron chi connectivity index (χ0n) is 10.9. The average Bonchev–Trinajstić information content (AvgIpc) is 3.05. The molecule has 0 bridgehead atoms. The van der Waals surface area contributed by atoms with Gasteiger partial charge in [-0.15, -0.1) is 23.2 Å². The third kappa shape index (κ3) is 2.63. The summed E-state index contributed by atoms with van der Waals surface area (Å²) in [6.07, 6.45) is 0. The maximum absolute atomic E-state index is 13.6. The molecule has 0 heterocycles. The molecule has 1 aliphatic rings. The normalized spacial score (nSPS) is 22.6. The molecule has 3 rings (SSSR count). The van der Waals surface area contributed by atoms with Crippen LogP contribution in [0.5, 0.6) is 0 Å². The Balaban J connectivity index is 1.79. The summed E-state index contributed by atoms with van der Waals surface area (Å²) in [6, 6.07) is 15.3. The maximum atomic E-state index is 13.6. The summed E-state index contributed by atoms with van der Waals surface area (Å²) >= 11 is 12.4. The Bertz CT molecular complexity index is 675. The highest BCUT2D eigenvalue weighted by Gasteiger charge is 2.67. The van der Waals surface area contributed by atoms with Crippen LogP contribution in [-0.2, 0) is 4.79 Å². The van der Waals surface area contributed by atoms with Crippen LogP contribution in [-0.4, -0.2) is 10.2 Å². The molecule has 0 aliphatic heterocycles. The Morgan fingerprint density at radius 3 is 2.33 bits per heavy atom. The lowest BCUT2D eigenvalue weighted by Gasteiger charge is -2.05. The molecule has 108 valence electrons. The van der Waals surface area contributed by atoms with E-state index in [4.69, 9.17) is 23.2 Å². The Morgan fingerprint density at radius 2 is 1.67 bits per heavy atom. The monoisotopic (exact) mass is 323 g/mol. The van der Waals surface area contributed by atoms with Gasteiger partial charge in [0, 0.05) is 5.92 Å². The molecule has 0 saturated heterocycles. The van der Waals surface area contributed by atoms with Crippen LogP contribution < -0.4 is 5.32 Å². The minimum atomic E-state index is -1.16. The van der Waals surface area contributed by atoms with Crippen LogP contribution in [0.15, 0.2) is 54.6 Å². The van der Waals surface area contributed by atoms with Gasteiger partial charge in [-0.25, -0.2) is 4.39 Å². The number of carbonyl (C=O) groups excluding carboxylic acids is 1. The minimum absolute atomic E-state index is 0.130. The largest absolute Gasteiger partial charge is 0.323 e. The second kappa shape index (κ2) is 5.32. The fourth-order valence-corrected chi connectivity index (χ4v) is 3.33. The molecule has 0 unspecified atom stereocenters. The number of rotatable bonds is 3. The molecule has 1 saturated carbocycles. The van der Waals surface area contributed by atoms with E-state index in [9.17, 15) is 9.18 Å². The van der Waals surface area contributed by atoms with E-state index in [1.165, 1.54) is 12.1 Å². The standard InChI is InChI=1S/C16H12Cl2FNO/c17-16(18)13(10-6-2-1-3-7-10)14(16)15(21)20-12-9-5-4-8-11(12)19/h1-9,13-14H,(H,20,21)/t13-,14+/m0/s1. The zero-order valence-corrected chi connectivity index (χ0v) is 12.4. The number of hydrogen-bond acceptors (Lipinski definition) is 1. The van der Waals surface area contributed by atoms with Crippen molar-refractivity contribution >= 4 is 34.8 Å². The molecule has 5 heteroatoms. The lowest BCUT2D eigenvalue weighted by atomic mass is 10.1. The van der Waals surface area contributed by atoms with Gasteiger partial charge in [0.05, 0.1) is 11.6 Å². The molecule has 2 aromatic rings. The Morgan fingerprint density at radius 1 is 1.05 bits per heavy atom. The van der Waals surface area contributed by atoms with Gasteiger partial charge >= 0.3 is 0 Å². The van der Waals surface area contributed by atoms with Crippen LogP contribution >= 0.6 is 23.2 Å². The molecule has 21 heavy (non-hydrogen) atoms. The summed E-state index contributed by atoms with van der Waals surface area (Å²) in [6.45, 7) is 0. The van der Waals surface area contributed by atoms with Crippen LogP contribution in [0.2, 0.25) is 0 Å². The number of anilines is 1. The van der Waals surface area contributed by atoms with Crippen LogP contribution in [0.3, 0.4) is 0 Å². The lowest BCUT2D eigenvalue weighted by Crippen LogP contribution is -2.17. The number of alkyl halides is 2. The van der Waals surface area contributed by atoms with Crippen LogP contribution in [0.4, 0.5) is 10.1 Å².